The number of thioether (sulfide) groups is 1. The van der Waals surface area contributed by atoms with Gasteiger partial charge in [0.25, 0.3) is 0 Å². The number of aryl methyl sites for hydroxylation is 2. The highest BCUT2D eigenvalue weighted by atomic mass is 32.2. The lowest BCUT2D eigenvalue weighted by Gasteiger charge is -2.17. The number of nitrogens with zero attached hydrogens (tertiary/aromatic N) is 4. The van der Waals surface area contributed by atoms with Gasteiger partial charge in [0.15, 0.2) is 12.7 Å². The maximum absolute atomic E-state index is 6.37. The summed E-state index contributed by atoms with van der Waals surface area (Å²) < 4.78 is 4.84. The van der Waals surface area contributed by atoms with Crippen LogP contribution in [0.2, 0.25) is 0 Å². The largest absolute Gasteiger partial charge is 0.399 e. The van der Waals surface area contributed by atoms with Crippen molar-refractivity contribution in [3.05, 3.63) is 150 Å². The van der Waals surface area contributed by atoms with Crippen molar-refractivity contribution in [1.82, 2.24) is 10.2 Å². The van der Waals surface area contributed by atoms with Crippen LogP contribution >= 0.6 is 11.8 Å². The summed E-state index contributed by atoms with van der Waals surface area (Å²) in [5.74, 6) is 0. The van der Waals surface area contributed by atoms with Crippen LogP contribution < -0.4 is 30.8 Å². The van der Waals surface area contributed by atoms with Gasteiger partial charge in [0.05, 0.1) is 26.9 Å². The van der Waals surface area contributed by atoms with Crippen molar-refractivity contribution in [3.8, 4) is 11.3 Å². The zero-order valence-electron chi connectivity index (χ0n) is 33.1. The Bertz CT molecular complexity index is 2580. The summed E-state index contributed by atoms with van der Waals surface area (Å²) in [5, 5.41) is 9.77. The average molecular weight is 772 g/mol. The van der Waals surface area contributed by atoms with Crippen molar-refractivity contribution >= 4 is 67.5 Å². The van der Waals surface area contributed by atoms with E-state index in [-0.39, 0.29) is 0 Å². The number of nitrogen functional groups attached to an aromatic ring is 2. The molecule has 2 aromatic heterocycles. The molecule has 0 bridgehead atoms. The molecule has 5 aromatic carbocycles. The van der Waals surface area contributed by atoms with Crippen molar-refractivity contribution in [2.75, 3.05) is 56.6 Å². The van der Waals surface area contributed by atoms with Crippen LogP contribution in [-0.2, 0) is 13.1 Å². The fourth-order valence-electron chi connectivity index (χ4n) is 8.13. The van der Waals surface area contributed by atoms with Crippen molar-refractivity contribution in [3.63, 3.8) is 0 Å². The second-order valence-electron chi connectivity index (χ2n) is 15.0. The van der Waals surface area contributed by atoms with Gasteiger partial charge in [-0.1, -0.05) is 72.4 Å². The van der Waals surface area contributed by atoms with E-state index in [2.05, 4.69) is 172 Å². The number of benzene rings is 5. The van der Waals surface area contributed by atoms with E-state index in [1.807, 2.05) is 23.9 Å². The molecular weight excluding hydrogens is 719 g/mol. The number of hydrogen-bond acceptors (Lipinski definition) is 6. The second-order valence-corrected chi connectivity index (χ2v) is 16.1. The van der Waals surface area contributed by atoms with Crippen molar-refractivity contribution in [1.29, 1.82) is 0 Å². The first-order valence-electron chi connectivity index (χ1n) is 20.1. The SMILES string of the molecule is CN(CCCNCCC[n+]1ccc(/C=C/C=C2\Sc3ccccc3N2C)c2ccccc21)CCC[n+]1c(-c2ccccc2)c2cc(N)ccc2c2ccc(N)cc21. The normalized spacial score (nSPS) is 13.6. The van der Waals surface area contributed by atoms with Gasteiger partial charge in [0, 0.05) is 78.4 Å². The number of anilines is 3. The maximum Gasteiger partial charge on any atom is 0.220 e. The van der Waals surface area contributed by atoms with Crippen molar-refractivity contribution in [2.45, 2.75) is 37.2 Å². The summed E-state index contributed by atoms with van der Waals surface area (Å²) in [7, 11) is 4.38. The first-order chi connectivity index (χ1) is 27.9. The minimum atomic E-state index is 0.770. The molecular formula is C49H53N7S+2. The minimum Gasteiger partial charge on any atom is -0.399 e. The molecule has 0 saturated heterocycles. The van der Waals surface area contributed by atoms with Gasteiger partial charge in [-0.25, -0.2) is 0 Å². The number of rotatable bonds is 15. The lowest BCUT2D eigenvalue weighted by atomic mass is 9.98. The third-order valence-corrected chi connectivity index (χ3v) is 12.2. The van der Waals surface area contributed by atoms with Crippen molar-refractivity contribution in [2.24, 2.45) is 0 Å². The molecule has 0 amide bonds. The Morgan fingerprint density at radius 3 is 2.30 bits per heavy atom. The van der Waals surface area contributed by atoms with E-state index in [9.17, 15) is 0 Å². The van der Waals surface area contributed by atoms with E-state index in [0.29, 0.717) is 0 Å². The number of allylic oxidation sites excluding steroid dienone is 2. The number of nitrogens with one attached hydrogen (secondary N) is 1. The third-order valence-electron chi connectivity index (χ3n) is 11.0. The molecule has 0 spiro atoms. The third kappa shape index (κ3) is 8.54. The number of hydrogen-bond donors (Lipinski definition) is 3. The van der Waals surface area contributed by atoms with Crippen LogP contribution in [0, 0.1) is 0 Å². The van der Waals surface area contributed by atoms with Gasteiger partial charge >= 0.3 is 0 Å². The predicted octanol–water partition coefficient (Wildman–Crippen LogP) is 9.04. The van der Waals surface area contributed by atoms with Crippen LogP contribution in [0.1, 0.15) is 24.8 Å². The number of aromatic nitrogens is 2. The molecule has 1 aliphatic rings. The Morgan fingerprint density at radius 2 is 1.44 bits per heavy atom. The van der Waals surface area contributed by atoms with E-state index >= 15 is 0 Å². The molecule has 288 valence electrons. The number of para-hydroxylation sites is 2. The highest BCUT2D eigenvalue weighted by Crippen LogP contribution is 2.44. The first-order valence-corrected chi connectivity index (χ1v) is 21.0. The molecule has 5 N–H and O–H groups in total. The molecule has 1 aliphatic heterocycles. The molecule has 7 aromatic rings. The summed E-state index contributed by atoms with van der Waals surface area (Å²) in [6.07, 6.45) is 12.1. The van der Waals surface area contributed by atoms with E-state index < -0.39 is 0 Å². The summed E-state index contributed by atoms with van der Waals surface area (Å²) in [5.41, 5.74) is 21.6. The topological polar surface area (TPSA) is 78.3 Å². The average Bonchev–Trinajstić information content (AvgIpc) is 3.55. The van der Waals surface area contributed by atoms with Gasteiger partial charge in [0.2, 0.25) is 16.7 Å². The molecule has 0 aliphatic carbocycles. The molecule has 3 heterocycles. The fourth-order valence-corrected chi connectivity index (χ4v) is 9.19. The summed E-state index contributed by atoms with van der Waals surface area (Å²) in [4.78, 5) is 6.03. The Kier molecular flexibility index (Phi) is 11.8. The standard InChI is InChI=1S/C49H52N7S/c1-53(30-13-32-56-46-35-39(51)23-25-42(46)41-24-22-38(50)34-43(41)49(56)37-14-4-3-5-15-37)29-11-27-52-28-12-31-55-33-26-36(40-17-6-7-18-44(40)55)16-10-21-48-54(2)45-19-8-9-20-47(45)57-48/h3-10,14-26,33-35,51-52H,11-13,27-32,50H2,1-2H3/q+1/p+1. The summed E-state index contributed by atoms with van der Waals surface area (Å²) >= 11 is 1.82. The van der Waals surface area contributed by atoms with Crippen LogP contribution in [0.4, 0.5) is 17.1 Å². The Morgan fingerprint density at radius 1 is 0.702 bits per heavy atom. The molecule has 0 saturated carbocycles. The number of fused-ring (bicyclic) bond motifs is 5. The molecule has 57 heavy (non-hydrogen) atoms. The molecule has 0 radical (unpaired) electrons. The highest BCUT2D eigenvalue weighted by Gasteiger charge is 2.24. The van der Waals surface area contributed by atoms with Crippen LogP contribution in [0.5, 0.6) is 0 Å². The zero-order valence-corrected chi connectivity index (χ0v) is 33.9. The minimum absolute atomic E-state index is 0.770. The Labute approximate surface area is 340 Å². The Balaban J connectivity index is 0.824. The summed E-state index contributed by atoms with van der Waals surface area (Å²) in [6.45, 7) is 5.93. The molecule has 7 nitrogen and oxygen atoms in total. The van der Waals surface area contributed by atoms with Crippen LogP contribution in [0.25, 0.3) is 49.9 Å². The zero-order chi connectivity index (χ0) is 39.1. The van der Waals surface area contributed by atoms with Gasteiger partial charge in [0.1, 0.15) is 6.54 Å². The van der Waals surface area contributed by atoms with Gasteiger partial charge in [-0.05, 0) is 92.8 Å². The summed E-state index contributed by atoms with van der Waals surface area (Å²) in [6, 6.07) is 42.7. The van der Waals surface area contributed by atoms with Gasteiger partial charge in [-0.3, -0.25) is 0 Å². The lowest BCUT2D eigenvalue weighted by molar-refractivity contribution is -0.671. The fraction of sp³-hybridized carbons (Fsp3) is 0.224. The van der Waals surface area contributed by atoms with E-state index in [0.717, 1.165) is 75.4 Å². The monoisotopic (exact) mass is 771 g/mol. The Hall–Kier alpha value is -5.67. The number of nitrogens with two attached hydrogens (primary N) is 2. The molecule has 0 atom stereocenters. The van der Waals surface area contributed by atoms with Gasteiger partial charge in [-0.15, -0.1) is 0 Å². The first kappa shape index (κ1) is 38.2. The molecule has 0 fully saturated rings. The predicted molar refractivity (Wildman–Crippen MR) is 242 cm³/mol. The lowest BCUT2D eigenvalue weighted by Crippen LogP contribution is -2.39. The highest BCUT2D eigenvalue weighted by molar-refractivity contribution is 8.03. The second kappa shape index (κ2) is 17.6. The molecule has 0 unspecified atom stereocenters. The van der Waals surface area contributed by atoms with E-state index in [4.69, 9.17) is 11.5 Å². The van der Waals surface area contributed by atoms with Gasteiger partial charge < -0.3 is 26.6 Å². The van der Waals surface area contributed by atoms with E-state index in [1.54, 1.807) is 0 Å². The number of pyridine rings is 2. The van der Waals surface area contributed by atoms with Crippen LogP contribution in [0.3, 0.4) is 0 Å². The van der Waals surface area contributed by atoms with Crippen LogP contribution in [-0.4, -0.2) is 45.2 Å². The smallest absolute Gasteiger partial charge is 0.220 e. The molecule has 8 heteroatoms. The van der Waals surface area contributed by atoms with Gasteiger partial charge in [-0.2, -0.15) is 9.13 Å². The van der Waals surface area contributed by atoms with E-state index in [1.165, 1.54) is 59.5 Å². The quantitative estimate of drug-likeness (QED) is 0.0418. The molecule has 8 rings (SSSR count). The maximum atomic E-state index is 6.37. The van der Waals surface area contributed by atoms with Crippen molar-refractivity contribution < 1.29 is 9.13 Å². The van der Waals surface area contributed by atoms with Crippen LogP contribution in [0.15, 0.2) is 150 Å².